The van der Waals surface area contributed by atoms with Gasteiger partial charge in [0.15, 0.2) is 0 Å². The van der Waals surface area contributed by atoms with E-state index in [-0.39, 0.29) is 28.0 Å². The van der Waals surface area contributed by atoms with Crippen LogP contribution in [0.2, 0.25) is 0 Å². The summed E-state index contributed by atoms with van der Waals surface area (Å²) in [4.78, 5) is 83.3. The molecule has 0 saturated carbocycles. The number of carbonyl (C=O) groups is 6. The minimum Gasteiger partial charge on any atom is -0.497 e. The highest BCUT2D eigenvalue weighted by atomic mass is 16.6. The van der Waals surface area contributed by atoms with Crippen LogP contribution in [0, 0.1) is 34.5 Å². The summed E-state index contributed by atoms with van der Waals surface area (Å²) < 4.78 is 38.4. The predicted molar refractivity (Wildman–Crippen MR) is 144 cm³/mol. The van der Waals surface area contributed by atoms with Crippen molar-refractivity contribution in [2.75, 3.05) is 40.4 Å². The van der Waals surface area contributed by atoms with E-state index in [1.54, 1.807) is 24.3 Å². The number of benzene rings is 1. The van der Waals surface area contributed by atoms with E-state index in [0.717, 1.165) is 4.90 Å². The van der Waals surface area contributed by atoms with Gasteiger partial charge in [-0.2, -0.15) is 0 Å². The van der Waals surface area contributed by atoms with E-state index >= 15 is 0 Å². The molecule has 7 aliphatic rings. The normalized spacial score (nSPS) is 39.0. The van der Waals surface area contributed by atoms with Crippen LogP contribution >= 0.6 is 0 Å². The fourth-order valence-corrected chi connectivity index (χ4v) is 9.78. The average molecular weight is 622 g/mol. The maximum absolute atomic E-state index is 15.0. The number of esters is 4. The van der Waals surface area contributed by atoms with Crippen LogP contribution in [-0.4, -0.2) is 95.7 Å². The molecule has 5 heterocycles. The highest BCUT2D eigenvalue weighted by Gasteiger charge is 2.98. The van der Waals surface area contributed by atoms with Gasteiger partial charge in [0.2, 0.25) is 11.8 Å². The lowest BCUT2D eigenvalue weighted by molar-refractivity contribution is -0.154. The Morgan fingerprint density at radius 1 is 0.578 bits per heavy atom. The van der Waals surface area contributed by atoms with Crippen molar-refractivity contribution in [2.45, 2.75) is 24.4 Å². The molecular formula is C31H27NO13. The number of anilines is 1. The minimum absolute atomic E-state index is 0.0138. The Morgan fingerprint density at radius 2 is 0.889 bits per heavy atom. The molecule has 2 amide bonds. The van der Waals surface area contributed by atoms with Crippen molar-refractivity contribution in [1.29, 1.82) is 0 Å². The molecule has 0 aromatic heterocycles. The predicted octanol–water partition coefficient (Wildman–Crippen LogP) is -0.120. The quantitative estimate of drug-likeness (QED) is 0.234. The first-order chi connectivity index (χ1) is 21.6. The van der Waals surface area contributed by atoms with E-state index < -0.39 is 94.6 Å². The molecule has 4 bridgehead atoms. The van der Waals surface area contributed by atoms with E-state index in [1.165, 1.54) is 35.5 Å². The zero-order valence-electron chi connectivity index (χ0n) is 24.7. The molecule has 0 spiro atoms. The molecule has 1 aromatic rings. The Balaban J connectivity index is 1.36. The van der Waals surface area contributed by atoms with Crippen LogP contribution in [0.5, 0.6) is 5.75 Å². The lowest BCUT2D eigenvalue weighted by Gasteiger charge is -2.56. The zero-order valence-corrected chi connectivity index (χ0v) is 24.7. The zero-order chi connectivity index (χ0) is 31.9. The maximum atomic E-state index is 15.0. The average Bonchev–Trinajstić information content (AvgIpc) is 3.76. The number of hydrogen-bond donors (Lipinski definition) is 0. The molecule has 6 unspecified atom stereocenters. The van der Waals surface area contributed by atoms with Crippen LogP contribution in [0.25, 0.3) is 0 Å². The third-order valence-corrected chi connectivity index (χ3v) is 11.1. The monoisotopic (exact) mass is 621 g/mol. The van der Waals surface area contributed by atoms with Gasteiger partial charge in [-0.15, -0.1) is 0 Å². The fraction of sp³-hybridized carbons (Fsp3) is 0.484. The molecule has 5 fully saturated rings. The first-order valence-corrected chi connectivity index (χ1v) is 14.3. The van der Waals surface area contributed by atoms with Gasteiger partial charge in [0.1, 0.15) is 16.6 Å². The summed E-state index contributed by atoms with van der Waals surface area (Å²) in [5.74, 6) is -7.09. The summed E-state index contributed by atoms with van der Waals surface area (Å²) in [5.41, 5.74) is -3.12. The number of carbonyl (C=O) groups excluding carboxylic acids is 6. The van der Waals surface area contributed by atoms with Crippen molar-refractivity contribution in [1.82, 2.24) is 0 Å². The number of nitrogens with zero attached hydrogens (tertiary/aromatic N) is 1. The lowest BCUT2D eigenvalue weighted by Crippen LogP contribution is -2.71. The standard InChI is InChI=1S/C31H27NO13/c1-39-11-8-6-10(7-9-11)32-28(37)30-20-12-13(17(25(34)41-3)16(12)24(33)40-2)21(44-20)31(30,29(32)38)23-15-14(22(30)45-23)18(26(35)42-4)19(15)27(36)43-5/h6-9,12-15,20-23H,1-5H3/t12?,13?,14?,15?,20-,21+,22+,23-,30?,31?. The van der Waals surface area contributed by atoms with Crippen molar-refractivity contribution in [3.8, 4) is 5.75 Å². The molecule has 5 aliphatic heterocycles. The van der Waals surface area contributed by atoms with Crippen LogP contribution in [0.3, 0.4) is 0 Å². The van der Waals surface area contributed by atoms with Crippen molar-refractivity contribution < 1.29 is 61.9 Å². The third-order valence-electron chi connectivity index (χ3n) is 11.1. The molecule has 0 N–H and O–H groups in total. The highest BCUT2D eigenvalue weighted by Crippen LogP contribution is 2.83. The topological polar surface area (TPSA) is 170 Å². The summed E-state index contributed by atoms with van der Waals surface area (Å²) in [6.07, 6.45) is -4.42. The molecule has 1 aromatic carbocycles. The van der Waals surface area contributed by atoms with Crippen molar-refractivity contribution in [3.63, 3.8) is 0 Å². The first kappa shape index (κ1) is 28.0. The number of imide groups is 1. The molecule has 2 aliphatic carbocycles. The van der Waals surface area contributed by atoms with Crippen molar-refractivity contribution >= 4 is 41.4 Å². The number of fused-ring (bicyclic) bond motifs is 10. The number of hydrogen-bond acceptors (Lipinski definition) is 13. The summed E-state index contributed by atoms with van der Waals surface area (Å²) in [7, 11) is 6.17. The van der Waals surface area contributed by atoms with Gasteiger partial charge in [-0.25, -0.2) is 24.1 Å². The molecule has 14 heteroatoms. The summed E-state index contributed by atoms with van der Waals surface area (Å²) in [5, 5.41) is 0. The largest absolute Gasteiger partial charge is 0.497 e. The summed E-state index contributed by atoms with van der Waals surface area (Å²) in [6.45, 7) is 0. The molecule has 14 nitrogen and oxygen atoms in total. The minimum atomic E-state index is -1.72. The van der Waals surface area contributed by atoms with Crippen molar-refractivity contribution in [3.05, 3.63) is 46.6 Å². The van der Waals surface area contributed by atoms with Gasteiger partial charge >= 0.3 is 23.9 Å². The van der Waals surface area contributed by atoms with Gasteiger partial charge in [0.05, 0.1) is 87.9 Å². The lowest BCUT2D eigenvalue weighted by atomic mass is 9.38. The number of ether oxygens (including phenoxy) is 7. The van der Waals surface area contributed by atoms with E-state index in [2.05, 4.69) is 0 Å². The van der Waals surface area contributed by atoms with Crippen LogP contribution in [0.4, 0.5) is 5.69 Å². The van der Waals surface area contributed by atoms with Gasteiger partial charge in [-0.1, -0.05) is 0 Å². The molecule has 8 rings (SSSR count). The Labute approximate surface area is 255 Å². The van der Waals surface area contributed by atoms with Gasteiger partial charge < -0.3 is 33.2 Å². The highest BCUT2D eigenvalue weighted by molar-refractivity contribution is 6.28. The van der Waals surface area contributed by atoms with E-state index in [0.29, 0.717) is 5.75 Å². The molecule has 10 atom stereocenters. The first-order valence-electron chi connectivity index (χ1n) is 14.3. The van der Waals surface area contributed by atoms with Crippen LogP contribution < -0.4 is 9.64 Å². The summed E-state index contributed by atoms with van der Waals surface area (Å²) in [6, 6.07) is 6.36. The molecule has 5 saturated heterocycles. The second-order valence-electron chi connectivity index (χ2n) is 12.1. The van der Waals surface area contributed by atoms with Crippen LogP contribution in [0.1, 0.15) is 0 Å². The second kappa shape index (κ2) is 8.79. The number of rotatable bonds is 6. The number of amides is 2. The third kappa shape index (κ3) is 2.65. The molecule has 234 valence electrons. The Kier molecular flexibility index (Phi) is 5.46. The van der Waals surface area contributed by atoms with E-state index in [4.69, 9.17) is 33.2 Å². The van der Waals surface area contributed by atoms with Crippen molar-refractivity contribution in [2.24, 2.45) is 34.5 Å². The van der Waals surface area contributed by atoms with Gasteiger partial charge in [-0.3, -0.25) is 9.59 Å². The Bertz CT molecular complexity index is 1540. The van der Waals surface area contributed by atoms with Gasteiger partial charge in [-0.05, 0) is 24.3 Å². The Morgan fingerprint density at radius 3 is 1.16 bits per heavy atom. The van der Waals surface area contributed by atoms with Gasteiger partial charge in [0.25, 0.3) is 0 Å². The second-order valence-corrected chi connectivity index (χ2v) is 12.1. The molecule has 0 radical (unpaired) electrons. The summed E-state index contributed by atoms with van der Waals surface area (Å²) >= 11 is 0. The molecular weight excluding hydrogens is 594 g/mol. The van der Waals surface area contributed by atoms with Crippen LogP contribution in [-0.2, 0) is 57.2 Å². The van der Waals surface area contributed by atoms with Crippen LogP contribution in [0.15, 0.2) is 46.6 Å². The van der Waals surface area contributed by atoms with E-state index in [9.17, 15) is 28.8 Å². The van der Waals surface area contributed by atoms with Gasteiger partial charge in [0, 0.05) is 23.7 Å². The smallest absolute Gasteiger partial charge is 0.334 e. The maximum Gasteiger partial charge on any atom is 0.334 e. The Hall–Kier alpha value is -4.56. The fourth-order valence-electron chi connectivity index (χ4n) is 9.78. The number of methoxy groups -OCH3 is 5. The molecule has 45 heavy (non-hydrogen) atoms. The SMILES string of the molecule is COC(=O)C1=C(C(=O)OC)C2C1[C@H]1O[C@@H]2C23C(=O)N(c4ccc(OC)cc4)C(=O)C12[C@H]1O[C@@H]3C2C(C(=O)OC)=C(C(=O)OC)C21. The van der Waals surface area contributed by atoms with E-state index in [1.807, 2.05) is 0 Å².